The topological polar surface area (TPSA) is 67.0 Å². The molecule has 2 aromatic carbocycles. The Bertz CT molecular complexity index is 1240. The predicted octanol–water partition coefficient (Wildman–Crippen LogP) is 4.06. The van der Waals surface area contributed by atoms with Crippen LogP contribution in [0.5, 0.6) is 0 Å². The number of hydrogen-bond donors (Lipinski definition) is 0. The van der Waals surface area contributed by atoms with Crippen molar-refractivity contribution in [2.45, 2.75) is 31.9 Å². The molecule has 2 aliphatic rings. The average Bonchev–Trinajstić information content (AvgIpc) is 3.60. The zero-order chi connectivity index (χ0) is 21.5. The van der Waals surface area contributed by atoms with Gasteiger partial charge in [-0.3, -0.25) is 0 Å². The number of benzene rings is 2. The Morgan fingerprint density at radius 2 is 2.00 bits per heavy atom. The molecule has 7 nitrogen and oxygen atoms in total. The van der Waals surface area contributed by atoms with Crippen LogP contribution in [0.1, 0.15) is 41.1 Å². The van der Waals surface area contributed by atoms with Gasteiger partial charge in [-0.1, -0.05) is 24.3 Å². The molecule has 0 amide bonds. The van der Waals surface area contributed by atoms with Crippen molar-refractivity contribution in [1.82, 2.24) is 24.5 Å². The van der Waals surface area contributed by atoms with Gasteiger partial charge in [-0.05, 0) is 60.7 Å². The largest absolute Gasteiger partial charge is 0.379 e. The van der Waals surface area contributed by atoms with E-state index in [2.05, 4.69) is 54.5 Å². The Morgan fingerprint density at radius 1 is 1.06 bits per heavy atom. The van der Waals surface area contributed by atoms with Crippen LogP contribution in [0.4, 0.5) is 0 Å². The van der Waals surface area contributed by atoms with Gasteiger partial charge in [-0.25, -0.2) is 14.3 Å². The Kier molecular flexibility index (Phi) is 4.85. The quantitative estimate of drug-likeness (QED) is 0.491. The highest BCUT2D eigenvalue weighted by atomic mass is 16.5. The average molecular weight is 428 g/mol. The fourth-order valence-corrected chi connectivity index (χ4v) is 4.69. The van der Waals surface area contributed by atoms with Gasteiger partial charge in [0.15, 0.2) is 11.6 Å². The minimum absolute atomic E-state index is 0.177. The lowest BCUT2D eigenvalue weighted by molar-refractivity contribution is 0.0637. The summed E-state index contributed by atoms with van der Waals surface area (Å²) in [5, 5.41) is 9.34. The van der Waals surface area contributed by atoms with E-state index in [4.69, 9.17) is 19.6 Å². The van der Waals surface area contributed by atoms with Gasteiger partial charge in [0.2, 0.25) is 0 Å². The lowest BCUT2D eigenvalue weighted by Gasteiger charge is -2.23. The summed E-state index contributed by atoms with van der Waals surface area (Å²) in [4.78, 5) is 5.03. The molecule has 32 heavy (non-hydrogen) atoms. The van der Waals surface area contributed by atoms with Gasteiger partial charge in [-0.15, -0.1) is 0 Å². The third-order valence-electron chi connectivity index (χ3n) is 6.33. The second-order valence-electron chi connectivity index (χ2n) is 8.41. The van der Waals surface area contributed by atoms with Gasteiger partial charge < -0.3 is 9.47 Å². The second kappa shape index (κ2) is 8.00. The lowest BCUT2D eigenvalue weighted by atomic mass is 9.97. The molecule has 0 bridgehead atoms. The third-order valence-corrected chi connectivity index (χ3v) is 6.33. The van der Waals surface area contributed by atoms with Gasteiger partial charge in [0.1, 0.15) is 6.10 Å². The third kappa shape index (κ3) is 3.34. The van der Waals surface area contributed by atoms with Crippen LogP contribution >= 0.6 is 0 Å². The van der Waals surface area contributed by atoms with E-state index in [9.17, 15) is 0 Å². The SMILES string of the molecule is Cc1cc(-c2nc(C3OCCc4ccccc43)nn2C2CCOC2)ccc1-n1cccn1. The van der Waals surface area contributed by atoms with Crippen LogP contribution in [-0.4, -0.2) is 44.4 Å². The molecular weight excluding hydrogens is 402 g/mol. The Balaban J connectivity index is 1.44. The zero-order valence-corrected chi connectivity index (χ0v) is 18.0. The van der Waals surface area contributed by atoms with Crippen LogP contribution in [0, 0.1) is 6.92 Å². The van der Waals surface area contributed by atoms with E-state index in [0.717, 1.165) is 47.7 Å². The molecule has 2 unspecified atom stereocenters. The van der Waals surface area contributed by atoms with E-state index in [1.165, 1.54) is 5.56 Å². The lowest BCUT2D eigenvalue weighted by Crippen LogP contribution is -2.19. The maximum absolute atomic E-state index is 6.17. The first-order valence-electron chi connectivity index (χ1n) is 11.1. The summed E-state index contributed by atoms with van der Waals surface area (Å²) < 4.78 is 15.8. The maximum atomic E-state index is 6.17. The van der Waals surface area contributed by atoms with Crippen LogP contribution in [0.15, 0.2) is 60.9 Å². The smallest absolute Gasteiger partial charge is 0.184 e. The summed E-state index contributed by atoms with van der Waals surface area (Å²) in [6.07, 6.45) is 5.36. The number of fused-ring (bicyclic) bond motifs is 1. The van der Waals surface area contributed by atoms with Gasteiger partial charge in [0.05, 0.1) is 24.9 Å². The minimum atomic E-state index is -0.244. The molecule has 7 heteroatoms. The first-order valence-corrected chi connectivity index (χ1v) is 11.1. The molecule has 2 atom stereocenters. The van der Waals surface area contributed by atoms with Gasteiger partial charge in [0.25, 0.3) is 0 Å². The molecule has 1 saturated heterocycles. The van der Waals surface area contributed by atoms with Crippen LogP contribution in [-0.2, 0) is 15.9 Å². The molecular formula is C25H25N5O2. The molecule has 4 aromatic rings. The summed E-state index contributed by atoms with van der Waals surface area (Å²) in [6, 6.07) is 16.9. The second-order valence-corrected chi connectivity index (χ2v) is 8.41. The first-order chi connectivity index (χ1) is 15.8. The first kappa shape index (κ1) is 19.4. The number of ether oxygens (including phenoxy) is 2. The number of hydrogen-bond acceptors (Lipinski definition) is 5. The molecule has 6 rings (SSSR count). The van der Waals surface area contributed by atoms with Crippen molar-refractivity contribution in [1.29, 1.82) is 0 Å². The van der Waals surface area contributed by atoms with Gasteiger partial charge in [-0.2, -0.15) is 10.2 Å². The van der Waals surface area contributed by atoms with Crippen molar-refractivity contribution in [3.05, 3.63) is 83.4 Å². The van der Waals surface area contributed by atoms with Crippen molar-refractivity contribution >= 4 is 0 Å². The monoisotopic (exact) mass is 427 g/mol. The number of aryl methyl sites for hydroxylation is 1. The molecule has 0 spiro atoms. The molecule has 4 heterocycles. The van der Waals surface area contributed by atoms with E-state index in [0.29, 0.717) is 19.0 Å². The summed E-state index contributed by atoms with van der Waals surface area (Å²) >= 11 is 0. The normalized spacial score (nSPS) is 20.4. The predicted molar refractivity (Wildman–Crippen MR) is 120 cm³/mol. The van der Waals surface area contributed by atoms with Crippen molar-refractivity contribution in [2.75, 3.05) is 19.8 Å². The van der Waals surface area contributed by atoms with Crippen LogP contribution in [0.3, 0.4) is 0 Å². The van der Waals surface area contributed by atoms with Crippen molar-refractivity contribution in [3.8, 4) is 17.1 Å². The highest BCUT2D eigenvalue weighted by Crippen LogP contribution is 2.34. The van der Waals surface area contributed by atoms with Crippen molar-refractivity contribution in [3.63, 3.8) is 0 Å². The van der Waals surface area contributed by atoms with E-state index in [1.807, 2.05) is 21.6 Å². The highest BCUT2D eigenvalue weighted by Gasteiger charge is 2.30. The van der Waals surface area contributed by atoms with Gasteiger partial charge in [0, 0.05) is 24.6 Å². The van der Waals surface area contributed by atoms with Crippen LogP contribution < -0.4 is 0 Å². The highest BCUT2D eigenvalue weighted by molar-refractivity contribution is 5.60. The number of rotatable bonds is 4. The molecule has 0 radical (unpaired) electrons. The zero-order valence-electron chi connectivity index (χ0n) is 18.0. The number of aromatic nitrogens is 5. The maximum Gasteiger partial charge on any atom is 0.184 e. The molecule has 2 aromatic heterocycles. The minimum Gasteiger partial charge on any atom is -0.379 e. The molecule has 0 N–H and O–H groups in total. The standard InChI is InChI=1S/C25H25N5O2/c1-17-15-19(7-8-22(17)29-12-4-11-26-29)25-27-24(28-30(25)20-10-13-31-16-20)23-21-6-3-2-5-18(21)9-14-32-23/h2-8,11-12,15,20,23H,9-10,13-14,16H2,1H3. The molecule has 162 valence electrons. The summed E-state index contributed by atoms with van der Waals surface area (Å²) in [5.74, 6) is 1.57. The Hall–Kier alpha value is -3.29. The molecule has 0 saturated carbocycles. The fraction of sp³-hybridized carbons (Fsp3) is 0.320. The van der Waals surface area contributed by atoms with Crippen molar-refractivity contribution in [2.24, 2.45) is 0 Å². The Morgan fingerprint density at radius 3 is 2.81 bits per heavy atom. The van der Waals surface area contributed by atoms with E-state index in [1.54, 1.807) is 6.20 Å². The van der Waals surface area contributed by atoms with Crippen LogP contribution in [0.25, 0.3) is 17.1 Å². The summed E-state index contributed by atoms with van der Waals surface area (Å²) in [6.45, 7) is 4.18. The Labute approximate surface area is 186 Å². The molecule has 0 aliphatic carbocycles. The van der Waals surface area contributed by atoms with Crippen molar-refractivity contribution < 1.29 is 9.47 Å². The van der Waals surface area contributed by atoms with Crippen LogP contribution in [0.2, 0.25) is 0 Å². The fourth-order valence-electron chi connectivity index (χ4n) is 4.69. The summed E-state index contributed by atoms with van der Waals surface area (Å²) in [7, 11) is 0. The van der Waals surface area contributed by atoms with E-state index >= 15 is 0 Å². The van der Waals surface area contributed by atoms with E-state index in [-0.39, 0.29) is 12.1 Å². The number of nitrogens with zero attached hydrogens (tertiary/aromatic N) is 5. The molecule has 2 aliphatic heterocycles. The van der Waals surface area contributed by atoms with E-state index < -0.39 is 0 Å². The molecule has 1 fully saturated rings. The summed E-state index contributed by atoms with van der Waals surface area (Å²) in [5.41, 5.74) is 5.69. The van der Waals surface area contributed by atoms with Gasteiger partial charge >= 0.3 is 0 Å².